The van der Waals surface area contributed by atoms with Gasteiger partial charge in [-0.2, -0.15) is 0 Å². The van der Waals surface area contributed by atoms with Gasteiger partial charge in [-0.25, -0.2) is 12.8 Å². The highest BCUT2D eigenvalue weighted by Gasteiger charge is 2.20. The number of aryl methyl sites for hydroxylation is 1. The Morgan fingerprint density at radius 2 is 1.91 bits per heavy atom. The monoisotopic (exact) mass is 336 g/mol. The predicted octanol–water partition coefficient (Wildman–Crippen LogP) is 2.12. The summed E-state index contributed by atoms with van der Waals surface area (Å²) in [5.41, 5.74) is 1.01. The van der Waals surface area contributed by atoms with E-state index in [0.29, 0.717) is 0 Å². The van der Waals surface area contributed by atoms with Crippen LogP contribution in [-0.2, 0) is 9.84 Å². The van der Waals surface area contributed by atoms with E-state index in [0.717, 1.165) is 17.8 Å². The van der Waals surface area contributed by atoms with Crippen LogP contribution in [0.15, 0.2) is 47.6 Å². The summed E-state index contributed by atoms with van der Waals surface area (Å²) in [6.07, 6.45) is 2.21. The van der Waals surface area contributed by atoms with Crippen LogP contribution in [0.1, 0.15) is 22.8 Å². The van der Waals surface area contributed by atoms with E-state index in [2.05, 4.69) is 10.3 Å². The smallest absolute Gasteiger partial charge is 0.253 e. The summed E-state index contributed by atoms with van der Waals surface area (Å²) < 4.78 is 37.7. The molecule has 0 unspecified atom stereocenters. The fourth-order valence-corrected chi connectivity index (χ4v) is 3.54. The summed E-state index contributed by atoms with van der Waals surface area (Å²) in [6.45, 7) is 3.45. The van der Waals surface area contributed by atoms with Crippen LogP contribution in [0, 0.1) is 12.7 Å². The molecule has 1 atom stereocenters. The molecule has 0 fully saturated rings. The molecule has 23 heavy (non-hydrogen) atoms. The number of rotatable bonds is 5. The fraction of sp³-hybridized carbons (Fsp3) is 0.250. The Morgan fingerprint density at radius 1 is 1.26 bits per heavy atom. The average Bonchev–Trinajstić information content (AvgIpc) is 2.47. The van der Waals surface area contributed by atoms with Crippen LogP contribution in [0.5, 0.6) is 0 Å². The van der Waals surface area contributed by atoms with Gasteiger partial charge >= 0.3 is 0 Å². The molecular formula is C16H17FN2O3S. The number of sulfone groups is 1. The highest BCUT2D eigenvalue weighted by molar-refractivity contribution is 7.91. The van der Waals surface area contributed by atoms with Crippen molar-refractivity contribution in [2.24, 2.45) is 0 Å². The van der Waals surface area contributed by atoms with Gasteiger partial charge in [-0.05, 0) is 32.0 Å². The van der Waals surface area contributed by atoms with Crippen molar-refractivity contribution in [1.82, 2.24) is 10.3 Å². The van der Waals surface area contributed by atoms with E-state index in [1.165, 1.54) is 18.3 Å². The maximum atomic E-state index is 13.1. The number of carbonyl (C=O) groups is 1. The molecule has 1 amide bonds. The van der Waals surface area contributed by atoms with E-state index in [1.54, 1.807) is 19.1 Å². The van der Waals surface area contributed by atoms with Crippen LogP contribution in [0.4, 0.5) is 4.39 Å². The molecule has 2 aromatic rings. The topological polar surface area (TPSA) is 76.1 Å². The molecule has 1 N–H and O–H groups in total. The summed E-state index contributed by atoms with van der Waals surface area (Å²) in [5.74, 6) is -1.44. The molecule has 5 nitrogen and oxygen atoms in total. The lowest BCUT2D eigenvalue weighted by Crippen LogP contribution is -2.37. The zero-order valence-corrected chi connectivity index (χ0v) is 13.6. The highest BCUT2D eigenvalue weighted by atomic mass is 32.2. The second kappa shape index (κ2) is 6.87. The molecule has 0 saturated heterocycles. The minimum absolute atomic E-state index is 0.0459. The van der Waals surface area contributed by atoms with Crippen molar-refractivity contribution < 1.29 is 17.6 Å². The minimum atomic E-state index is -3.52. The molecule has 1 heterocycles. The number of carbonyl (C=O) groups excluding carboxylic acids is 1. The second-order valence-electron chi connectivity index (χ2n) is 5.36. The minimum Gasteiger partial charge on any atom is -0.348 e. The Bertz CT molecular complexity index is 804. The standard InChI is InChI=1S/C16H17FN2O3S/c1-11-3-5-15(6-4-11)23(21,22)10-12(2)19-16(20)13-7-14(17)9-18-8-13/h3-9,12H,10H2,1-2H3,(H,19,20)/t12-/m1/s1. The van der Waals surface area contributed by atoms with Crippen molar-refractivity contribution in [3.05, 3.63) is 59.7 Å². The van der Waals surface area contributed by atoms with Crippen LogP contribution in [0.25, 0.3) is 0 Å². The van der Waals surface area contributed by atoms with Gasteiger partial charge in [0.15, 0.2) is 9.84 Å². The average molecular weight is 336 g/mol. The number of hydrogen-bond acceptors (Lipinski definition) is 4. The van der Waals surface area contributed by atoms with E-state index in [4.69, 9.17) is 0 Å². The van der Waals surface area contributed by atoms with Gasteiger partial charge in [-0.1, -0.05) is 17.7 Å². The number of nitrogens with one attached hydrogen (secondary N) is 1. The first-order valence-electron chi connectivity index (χ1n) is 6.99. The summed E-state index contributed by atoms with van der Waals surface area (Å²) in [6, 6.07) is 6.93. The van der Waals surface area contributed by atoms with E-state index < -0.39 is 27.6 Å². The molecule has 0 aliphatic rings. The largest absolute Gasteiger partial charge is 0.348 e. The molecule has 7 heteroatoms. The molecule has 1 aromatic carbocycles. The maximum absolute atomic E-state index is 13.1. The van der Waals surface area contributed by atoms with Crippen molar-refractivity contribution in [3.8, 4) is 0 Å². The second-order valence-corrected chi connectivity index (χ2v) is 7.40. The van der Waals surface area contributed by atoms with Crippen molar-refractivity contribution in [2.75, 3.05) is 5.75 Å². The molecule has 1 aromatic heterocycles. The molecule has 2 rings (SSSR count). The molecule has 0 spiro atoms. The third-order valence-corrected chi connectivity index (χ3v) is 5.12. The summed E-state index contributed by atoms with van der Waals surface area (Å²) in [5, 5.41) is 2.54. The van der Waals surface area contributed by atoms with Gasteiger partial charge in [0.2, 0.25) is 0 Å². The van der Waals surface area contributed by atoms with Crippen molar-refractivity contribution in [3.63, 3.8) is 0 Å². The van der Waals surface area contributed by atoms with Crippen LogP contribution in [0.2, 0.25) is 0 Å². The first-order valence-corrected chi connectivity index (χ1v) is 8.64. The van der Waals surface area contributed by atoms with Gasteiger partial charge in [0, 0.05) is 12.2 Å². The SMILES string of the molecule is Cc1ccc(S(=O)(=O)C[C@@H](C)NC(=O)c2cncc(F)c2)cc1. The number of halogens is 1. The fourth-order valence-electron chi connectivity index (χ4n) is 2.06. The van der Waals surface area contributed by atoms with Crippen LogP contribution < -0.4 is 5.32 Å². The molecule has 0 radical (unpaired) electrons. The summed E-state index contributed by atoms with van der Waals surface area (Å²) >= 11 is 0. The Balaban J connectivity index is 2.05. The normalized spacial score (nSPS) is 12.7. The molecular weight excluding hydrogens is 319 g/mol. The van der Waals surface area contributed by atoms with E-state index >= 15 is 0 Å². The number of hydrogen-bond donors (Lipinski definition) is 1. The lowest BCUT2D eigenvalue weighted by Gasteiger charge is -2.14. The summed E-state index contributed by atoms with van der Waals surface area (Å²) in [7, 11) is -3.52. The Hall–Kier alpha value is -2.28. The third kappa shape index (κ3) is 4.59. The van der Waals surface area contributed by atoms with Gasteiger partial charge in [0.1, 0.15) is 5.82 Å². The summed E-state index contributed by atoms with van der Waals surface area (Å²) in [4.78, 5) is 15.8. The van der Waals surface area contributed by atoms with Gasteiger partial charge in [0.05, 0.1) is 22.4 Å². The van der Waals surface area contributed by atoms with Crippen molar-refractivity contribution in [2.45, 2.75) is 24.8 Å². The van der Waals surface area contributed by atoms with Gasteiger partial charge < -0.3 is 5.32 Å². The number of pyridine rings is 1. The third-order valence-electron chi connectivity index (χ3n) is 3.19. The number of nitrogens with zero attached hydrogens (tertiary/aromatic N) is 1. The zero-order chi connectivity index (χ0) is 17.0. The van der Waals surface area contributed by atoms with E-state index in [-0.39, 0.29) is 16.2 Å². The number of amides is 1. The lowest BCUT2D eigenvalue weighted by atomic mass is 10.2. The number of aromatic nitrogens is 1. The molecule has 0 bridgehead atoms. The van der Waals surface area contributed by atoms with Gasteiger partial charge in [-0.3, -0.25) is 9.78 Å². The number of benzene rings is 1. The van der Waals surface area contributed by atoms with E-state index in [9.17, 15) is 17.6 Å². The van der Waals surface area contributed by atoms with Crippen molar-refractivity contribution >= 4 is 15.7 Å². The quantitative estimate of drug-likeness (QED) is 0.907. The maximum Gasteiger partial charge on any atom is 0.253 e. The lowest BCUT2D eigenvalue weighted by molar-refractivity contribution is 0.0942. The van der Waals surface area contributed by atoms with Gasteiger partial charge in [0.25, 0.3) is 5.91 Å². The van der Waals surface area contributed by atoms with Gasteiger partial charge in [-0.15, -0.1) is 0 Å². The molecule has 0 aliphatic carbocycles. The Labute approximate surface area is 134 Å². The van der Waals surface area contributed by atoms with Crippen LogP contribution in [-0.4, -0.2) is 31.1 Å². The highest BCUT2D eigenvalue weighted by Crippen LogP contribution is 2.13. The Morgan fingerprint density at radius 3 is 2.52 bits per heavy atom. The molecule has 122 valence electrons. The van der Waals surface area contributed by atoms with Crippen molar-refractivity contribution in [1.29, 1.82) is 0 Å². The Kier molecular flexibility index (Phi) is 5.10. The van der Waals surface area contributed by atoms with E-state index in [1.807, 2.05) is 6.92 Å². The molecule has 0 saturated carbocycles. The first kappa shape index (κ1) is 17.1. The van der Waals surface area contributed by atoms with Crippen LogP contribution in [0.3, 0.4) is 0 Å². The molecule has 0 aliphatic heterocycles. The first-order chi connectivity index (χ1) is 10.8. The van der Waals surface area contributed by atoms with Crippen LogP contribution >= 0.6 is 0 Å². The predicted molar refractivity (Wildman–Crippen MR) is 84.4 cm³/mol. The zero-order valence-electron chi connectivity index (χ0n) is 12.8.